The number of hydrogen-bond acceptors (Lipinski definition) is 5. The highest BCUT2D eigenvalue weighted by Crippen LogP contribution is 2.14. The molecule has 0 aliphatic heterocycles. The minimum absolute atomic E-state index is 0.0710. The summed E-state index contributed by atoms with van der Waals surface area (Å²) in [6.07, 6.45) is 1.05. The summed E-state index contributed by atoms with van der Waals surface area (Å²) in [7, 11) is 0. The lowest BCUT2D eigenvalue weighted by molar-refractivity contribution is 0.0957. The Hall–Kier alpha value is -1.93. The molecule has 2 aromatic rings. The predicted molar refractivity (Wildman–Crippen MR) is 110 cm³/mol. The van der Waals surface area contributed by atoms with Crippen LogP contribution in [-0.2, 0) is 6.42 Å². The Kier molecular flexibility index (Phi) is 8.57. The second-order valence-electron chi connectivity index (χ2n) is 6.06. The van der Waals surface area contributed by atoms with Crippen LogP contribution >= 0.6 is 22.7 Å². The van der Waals surface area contributed by atoms with Gasteiger partial charge in [0.1, 0.15) is 4.88 Å². The van der Waals surface area contributed by atoms with Crippen molar-refractivity contribution in [3.8, 4) is 0 Å². The number of hydrogen-bond donors (Lipinski definition) is 3. The van der Waals surface area contributed by atoms with Gasteiger partial charge in [-0.25, -0.2) is 4.98 Å². The van der Waals surface area contributed by atoms with Crippen molar-refractivity contribution < 1.29 is 4.79 Å². The fourth-order valence-corrected chi connectivity index (χ4v) is 3.97. The molecule has 1 amide bonds. The van der Waals surface area contributed by atoms with Crippen molar-refractivity contribution >= 4 is 34.5 Å². The molecule has 0 saturated heterocycles. The predicted octanol–water partition coefficient (Wildman–Crippen LogP) is 2.68. The van der Waals surface area contributed by atoms with Crippen LogP contribution in [0.3, 0.4) is 0 Å². The lowest BCUT2D eigenvalue weighted by Gasteiger charge is -2.13. The lowest BCUT2D eigenvalue weighted by atomic mass is 10.1. The Labute approximate surface area is 163 Å². The summed E-state index contributed by atoms with van der Waals surface area (Å²) in [6, 6.07) is 4.26. The topological polar surface area (TPSA) is 78.4 Å². The summed E-state index contributed by atoms with van der Waals surface area (Å²) in [5, 5.41) is 11.5. The van der Waals surface area contributed by atoms with Crippen molar-refractivity contribution in [2.24, 2.45) is 10.9 Å². The van der Waals surface area contributed by atoms with E-state index in [1.165, 1.54) is 16.2 Å². The molecule has 2 aromatic heterocycles. The molecule has 8 heteroatoms. The smallest absolute Gasteiger partial charge is 0.263 e. The molecule has 0 fully saturated rings. The number of guanidine groups is 1. The Bertz CT molecular complexity index is 696. The average molecular weight is 394 g/mol. The Morgan fingerprint density at radius 3 is 2.73 bits per heavy atom. The van der Waals surface area contributed by atoms with Crippen molar-refractivity contribution in [3.63, 3.8) is 0 Å². The van der Waals surface area contributed by atoms with Gasteiger partial charge in [-0.05, 0) is 37.6 Å². The van der Waals surface area contributed by atoms with Crippen LogP contribution in [0.5, 0.6) is 0 Å². The van der Waals surface area contributed by atoms with E-state index in [0.717, 1.165) is 31.2 Å². The molecule has 2 heterocycles. The van der Waals surface area contributed by atoms with Crippen LogP contribution in [0.15, 0.2) is 28.0 Å². The van der Waals surface area contributed by atoms with Gasteiger partial charge in [-0.1, -0.05) is 13.0 Å². The largest absolute Gasteiger partial charge is 0.357 e. The first-order valence-electron chi connectivity index (χ1n) is 8.83. The van der Waals surface area contributed by atoms with Gasteiger partial charge in [-0.3, -0.25) is 9.79 Å². The SMILES string of the molecule is CCNC(=NCC(C)Cc1cccs1)NCCNC(=O)c1scnc1C. The molecule has 6 nitrogen and oxygen atoms in total. The number of nitrogens with one attached hydrogen (secondary N) is 3. The molecule has 1 unspecified atom stereocenters. The zero-order valence-corrected chi connectivity index (χ0v) is 17.2. The molecule has 0 bridgehead atoms. The minimum atomic E-state index is -0.0710. The van der Waals surface area contributed by atoms with Gasteiger partial charge in [-0.2, -0.15) is 0 Å². The van der Waals surface area contributed by atoms with Crippen molar-refractivity contribution in [3.05, 3.63) is 38.5 Å². The number of amides is 1. The highest BCUT2D eigenvalue weighted by Gasteiger charge is 2.10. The second-order valence-corrected chi connectivity index (χ2v) is 7.94. The maximum Gasteiger partial charge on any atom is 0.263 e. The standard InChI is InChI=1S/C18H27N5OS2/c1-4-19-18(22-11-13(2)10-15-6-5-9-25-15)21-8-7-20-17(24)16-14(3)23-12-26-16/h5-6,9,12-13H,4,7-8,10-11H2,1-3H3,(H,20,24)(H2,19,21,22). The second kappa shape index (κ2) is 10.9. The van der Waals surface area contributed by atoms with Gasteiger partial charge in [0.25, 0.3) is 5.91 Å². The highest BCUT2D eigenvalue weighted by atomic mass is 32.1. The van der Waals surface area contributed by atoms with E-state index in [1.807, 2.05) is 13.8 Å². The molecule has 0 aliphatic rings. The van der Waals surface area contributed by atoms with E-state index in [4.69, 9.17) is 0 Å². The number of thiophene rings is 1. The summed E-state index contributed by atoms with van der Waals surface area (Å²) >= 11 is 3.16. The minimum Gasteiger partial charge on any atom is -0.357 e. The van der Waals surface area contributed by atoms with E-state index in [9.17, 15) is 4.79 Å². The first-order chi connectivity index (χ1) is 12.6. The van der Waals surface area contributed by atoms with Crippen LogP contribution in [-0.4, -0.2) is 43.0 Å². The number of rotatable bonds is 9. The van der Waals surface area contributed by atoms with Gasteiger partial charge in [0.2, 0.25) is 0 Å². The van der Waals surface area contributed by atoms with Crippen LogP contribution in [0, 0.1) is 12.8 Å². The zero-order valence-electron chi connectivity index (χ0n) is 15.5. The van der Waals surface area contributed by atoms with E-state index < -0.39 is 0 Å². The van der Waals surface area contributed by atoms with E-state index in [1.54, 1.807) is 16.8 Å². The molecular weight excluding hydrogens is 366 g/mol. The van der Waals surface area contributed by atoms with Gasteiger partial charge in [0, 0.05) is 31.1 Å². The summed E-state index contributed by atoms with van der Waals surface area (Å²) < 4.78 is 0. The summed E-state index contributed by atoms with van der Waals surface area (Å²) in [6.45, 7) is 8.82. The quantitative estimate of drug-likeness (QED) is 0.348. The van der Waals surface area contributed by atoms with Gasteiger partial charge in [-0.15, -0.1) is 22.7 Å². The highest BCUT2D eigenvalue weighted by molar-refractivity contribution is 7.11. The van der Waals surface area contributed by atoms with Crippen molar-refractivity contribution in [2.75, 3.05) is 26.2 Å². The van der Waals surface area contributed by atoms with Gasteiger partial charge < -0.3 is 16.0 Å². The molecule has 0 aromatic carbocycles. The molecule has 3 N–H and O–H groups in total. The number of carbonyl (C=O) groups is 1. The Morgan fingerprint density at radius 2 is 2.08 bits per heavy atom. The molecule has 0 saturated carbocycles. The Balaban J connectivity index is 1.72. The van der Waals surface area contributed by atoms with Crippen LogP contribution in [0.1, 0.15) is 34.1 Å². The van der Waals surface area contributed by atoms with Crippen LogP contribution in [0.2, 0.25) is 0 Å². The molecule has 2 rings (SSSR count). The van der Waals surface area contributed by atoms with Crippen LogP contribution in [0.4, 0.5) is 0 Å². The molecule has 142 valence electrons. The number of thiazole rings is 1. The zero-order chi connectivity index (χ0) is 18.8. The number of aryl methyl sites for hydroxylation is 1. The van der Waals surface area contributed by atoms with Gasteiger partial charge >= 0.3 is 0 Å². The third-order valence-electron chi connectivity index (χ3n) is 3.69. The monoisotopic (exact) mass is 393 g/mol. The third-order valence-corrected chi connectivity index (χ3v) is 5.52. The summed E-state index contributed by atoms with van der Waals surface area (Å²) in [4.78, 5) is 22.9. The number of aliphatic imine (C=N–C) groups is 1. The van der Waals surface area contributed by atoms with Crippen LogP contribution < -0.4 is 16.0 Å². The van der Waals surface area contributed by atoms with Gasteiger partial charge in [0.15, 0.2) is 5.96 Å². The van der Waals surface area contributed by atoms with Crippen molar-refractivity contribution in [1.82, 2.24) is 20.9 Å². The first kappa shape index (κ1) is 20.4. The number of aromatic nitrogens is 1. The van der Waals surface area contributed by atoms with Gasteiger partial charge in [0.05, 0.1) is 11.2 Å². The summed E-state index contributed by atoms with van der Waals surface area (Å²) in [5.74, 6) is 1.20. The molecule has 1 atom stereocenters. The number of nitrogens with zero attached hydrogens (tertiary/aromatic N) is 2. The van der Waals surface area contributed by atoms with E-state index in [2.05, 4.69) is 50.4 Å². The fourth-order valence-electron chi connectivity index (χ4n) is 2.38. The van der Waals surface area contributed by atoms with E-state index in [-0.39, 0.29) is 5.91 Å². The third kappa shape index (κ3) is 6.76. The summed E-state index contributed by atoms with van der Waals surface area (Å²) in [5.41, 5.74) is 2.46. The Morgan fingerprint density at radius 1 is 1.27 bits per heavy atom. The normalized spacial score (nSPS) is 12.7. The first-order valence-corrected chi connectivity index (χ1v) is 10.6. The lowest BCUT2D eigenvalue weighted by Crippen LogP contribution is -2.41. The number of carbonyl (C=O) groups excluding carboxylic acids is 1. The molecule has 0 radical (unpaired) electrons. The van der Waals surface area contributed by atoms with Crippen LogP contribution in [0.25, 0.3) is 0 Å². The van der Waals surface area contributed by atoms with Crippen molar-refractivity contribution in [2.45, 2.75) is 27.2 Å². The molecular formula is C18H27N5OS2. The maximum absolute atomic E-state index is 12.1. The van der Waals surface area contributed by atoms with Crippen molar-refractivity contribution in [1.29, 1.82) is 0 Å². The fraction of sp³-hybridized carbons (Fsp3) is 0.500. The van der Waals surface area contributed by atoms with E-state index in [0.29, 0.717) is 23.9 Å². The maximum atomic E-state index is 12.1. The molecule has 0 aliphatic carbocycles. The molecule has 26 heavy (non-hydrogen) atoms. The average Bonchev–Trinajstić information content (AvgIpc) is 3.27. The molecule has 0 spiro atoms. The van der Waals surface area contributed by atoms with E-state index >= 15 is 0 Å².